The maximum absolute atomic E-state index is 12.2. The predicted molar refractivity (Wildman–Crippen MR) is 99.3 cm³/mol. The Labute approximate surface area is 146 Å². The molecule has 126 valence electrons. The van der Waals surface area contributed by atoms with Gasteiger partial charge in [0.2, 0.25) is 5.91 Å². The lowest BCUT2D eigenvalue weighted by atomic mass is 10.1. The molecule has 1 heterocycles. The molecule has 0 atom stereocenters. The predicted octanol–water partition coefficient (Wildman–Crippen LogP) is 4.02. The van der Waals surface area contributed by atoms with Crippen molar-refractivity contribution in [1.29, 1.82) is 0 Å². The van der Waals surface area contributed by atoms with Crippen LogP contribution >= 0.6 is 0 Å². The van der Waals surface area contributed by atoms with Crippen LogP contribution in [0.25, 0.3) is 0 Å². The van der Waals surface area contributed by atoms with Crippen molar-refractivity contribution in [3.8, 4) is 5.75 Å². The Morgan fingerprint density at radius 1 is 1.00 bits per heavy atom. The van der Waals surface area contributed by atoms with Gasteiger partial charge in [-0.05, 0) is 42.0 Å². The summed E-state index contributed by atoms with van der Waals surface area (Å²) in [7, 11) is 1.61. The summed E-state index contributed by atoms with van der Waals surface area (Å²) in [5, 5.41) is 6.05. The van der Waals surface area contributed by atoms with Gasteiger partial charge in [-0.2, -0.15) is 0 Å². The van der Waals surface area contributed by atoms with E-state index in [1.807, 2.05) is 66.7 Å². The quantitative estimate of drug-likeness (QED) is 0.715. The van der Waals surface area contributed by atoms with E-state index in [9.17, 15) is 4.79 Å². The minimum atomic E-state index is -0.0983. The lowest BCUT2D eigenvalue weighted by molar-refractivity contribution is -0.115. The summed E-state index contributed by atoms with van der Waals surface area (Å²) in [4.78, 5) is 16.5. The van der Waals surface area contributed by atoms with Gasteiger partial charge in [0.15, 0.2) is 0 Å². The van der Waals surface area contributed by atoms with E-state index in [1.54, 1.807) is 13.3 Å². The number of hydrogen-bond acceptors (Lipinski definition) is 4. The Kier molecular flexibility index (Phi) is 5.26. The van der Waals surface area contributed by atoms with E-state index in [4.69, 9.17) is 4.74 Å². The molecular formula is C20H19N3O2. The zero-order valence-corrected chi connectivity index (χ0v) is 13.9. The summed E-state index contributed by atoms with van der Waals surface area (Å²) >= 11 is 0. The number of nitrogens with one attached hydrogen (secondary N) is 2. The molecule has 0 saturated carbocycles. The Bertz CT molecular complexity index is 833. The van der Waals surface area contributed by atoms with Gasteiger partial charge >= 0.3 is 0 Å². The number of methoxy groups -OCH3 is 1. The van der Waals surface area contributed by atoms with Crippen LogP contribution in [0.4, 0.5) is 17.2 Å². The first kappa shape index (κ1) is 16.5. The molecule has 0 aliphatic heterocycles. The van der Waals surface area contributed by atoms with Crippen LogP contribution in [0.1, 0.15) is 5.56 Å². The minimum absolute atomic E-state index is 0.0983. The standard InChI is InChI=1S/C20H19N3O2/c1-25-18-9-5-6-15(12-18)13-20(24)23-17-10-11-19(21-14-17)22-16-7-3-2-4-8-16/h2-12,14H,13H2,1H3,(H,21,22)(H,23,24). The van der Waals surface area contributed by atoms with Gasteiger partial charge in [0.1, 0.15) is 11.6 Å². The summed E-state index contributed by atoms with van der Waals surface area (Å²) in [5.41, 5.74) is 2.52. The topological polar surface area (TPSA) is 63.2 Å². The van der Waals surface area contributed by atoms with Crippen LogP contribution in [0.3, 0.4) is 0 Å². The third kappa shape index (κ3) is 4.81. The van der Waals surface area contributed by atoms with E-state index in [-0.39, 0.29) is 12.3 Å². The number of ether oxygens (including phenoxy) is 1. The highest BCUT2D eigenvalue weighted by molar-refractivity contribution is 5.92. The van der Waals surface area contributed by atoms with Gasteiger partial charge in [0.05, 0.1) is 25.4 Å². The van der Waals surface area contributed by atoms with Crippen molar-refractivity contribution in [2.45, 2.75) is 6.42 Å². The molecule has 1 aromatic heterocycles. The van der Waals surface area contributed by atoms with Crippen LogP contribution in [-0.4, -0.2) is 18.0 Å². The van der Waals surface area contributed by atoms with Crippen LogP contribution in [0.15, 0.2) is 72.9 Å². The molecule has 0 saturated heterocycles. The number of carbonyl (C=O) groups excluding carboxylic acids is 1. The second kappa shape index (κ2) is 7.97. The Morgan fingerprint density at radius 3 is 2.56 bits per heavy atom. The van der Waals surface area contributed by atoms with Crippen LogP contribution in [-0.2, 0) is 11.2 Å². The molecule has 1 amide bonds. The monoisotopic (exact) mass is 333 g/mol. The van der Waals surface area contributed by atoms with Crippen LogP contribution in [0.2, 0.25) is 0 Å². The molecule has 2 N–H and O–H groups in total. The molecular weight excluding hydrogens is 314 g/mol. The number of nitrogens with zero attached hydrogens (tertiary/aromatic N) is 1. The molecule has 5 heteroatoms. The van der Waals surface area contributed by atoms with E-state index >= 15 is 0 Å². The van der Waals surface area contributed by atoms with E-state index < -0.39 is 0 Å². The zero-order chi connectivity index (χ0) is 17.5. The van der Waals surface area contributed by atoms with E-state index in [1.165, 1.54) is 0 Å². The molecule has 3 aromatic rings. The molecule has 0 aliphatic carbocycles. The molecule has 0 unspecified atom stereocenters. The molecule has 25 heavy (non-hydrogen) atoms. The Morgan fingerprint density at radius 2 is 1.84 bits per heavy atom. The highest BCUT2D eigenvalue weighted by Crippen LogP contribution is 2.17. The normalized spacial score (nSPS) is 10.1. The molecule has 0 fully saturated rings. The number of anilines is 3. The fourth-order valence-electron chi connectivity index (χ4n) is 2.38. The van der Waals surface area contributed by atoms with Crippen LogP contribution in [0.5, 0.6) is 5.75 Å². The summed E-state index contributed by atoms with van der Waals surface area (Å²) in [6, 6.07) is 20.9. The number of carbonyl (C=O) groups is 1. The number of benzene rings is 2. The first-order valence-electron chi connectivity index (χ1n) is 7.94. The first-order chi connectivity index (χ1) is 12.2. The van der Waals surface area contributed by atoms with Gasteiger partial charge in [0, 0.05) is 5.69 Å². The highest BCUT2D eigenvalue weighted by atomic mass is 16.5. The van der Waals surface area contributed by atoms with E-state index in [2.05, 4.69) is 15.6 Å². The third-order valence-electron chi connectivity index (χ3n) is 3.59. The lowest BCUT2D eigenvalue weighted by Crippen LogP contribution is -2.14. The molecule has 2 aromatic carbocycles. The summed E-state index contributed by atoms with van der Waals surface area (Å²) in [6.07, 6.45) is 1.91. The van der Waals surface area contributed by atoms with Gasteiger partial charge < -0.3 is 15.4 Å². The van der Waals surface area contributed by atoms with Crippen LogP contribution < -0.4 is 15.4 Å². The fourth-order valence-corrected chi connectivity index (χ4v) is 2.38. The highest BCUT2D eigenvalue weighted by Gasteiger charge is 2.06. The van der Waals surface area contributed by atoms with Gasteiger partial charge in [-0.15, -0.1) is 0 Å². The number of amides is 1. The van der Waals surface area contributed by atoms with Gasteiger partial charge in [-0.1, -0.05) is 30.3 Å². The minimum Gasteiger partial charge on any atom is -0.497 e. The number of hydrogen-bond donors (Lipinski definition) is 2. The first-order valence-corrected chi connectivity index (χ1v) is 7.94. The van der Waals surface area contributed by atoms with E-state index in [0.717, 1.165) is 22.8 Å². The molecule has 3 rings (SSSR count). The summed E-state index contributed by atoms with van der Waals surface area (Å²) < 4.78 is 5.17. The SMILES string of the molecule is COc1cccc(CC(=O)Nc2ccc(Nc3ccccc3)nc2)c1. The summed E-state index contributed by atoms with van der Waals surface area (Å²) in [5.74, 6) is 1.36. The van der Waals surface area contributed by atoms with Crippen molar-refractivity contribution in [3.63, 3.8) is 0 Å². The number of rotatable bonds is 6. The third-order valence-corrected chi connectivity index (χ3v) is 3.59. The van der Waals surface area contributed by atoms with Crippen molar-refractivity contribution in [3.05, 3.63) is 78.5 Å². The zero-order valence-electron chi connectivity index (χ0n) is 13.9. The van der Waals surface area contributed by atoms with Crippen molar-refractivity contribution in [2.75, 3.05) is 17.7 Å². The van der Waals surface area contributed by atoms with Crippen molar-refractivity contribution in [1.82, 2.24) is 4.98 Å². The second-order valence-electron chi connectivity index (χ2n) is 5.50. The van der Waals surface area contributed by atoms with Gasteiger partial charge in [-0.25, -0.2) is 4.98 Å². The lowest BCUT2D eigenvalue weighted by Gasteiger charge is -2.08. The second-order valence-corrected chi connectivity index (χ2v) is 5.50. The Hall–Kier alpha value is -3.34. The fraction of sp³-hybridized carbons (Fsp3) is 0.100. The van der Waals surface area contributed by atoms with Crippen molar-refractivity contribution >= 4 is 23.1 Å². The maximum Gasteiger partial charge on any atom is 0.228 e. The van der Waals surface area contributed by atoms with Gasteiger partial charge in [-0.3, -0.25) is 4.79 Å². The molecule has 0 spiro atoms. The molecule has 0 aliphatic rings. The summed E-state index contributed by atoms with van der Waals surface area (Å²) in [6.45, 7) is 0. The van der Waals surface area contributed by atoms with Crippen LogP contribution in [0, 0.1) is 0 Å². The average molecular weight is 333 g/mol. The molecule has 0 bridgehead atoms. The van der Waals surface area contributed by atoms with Crippen molar-refractivity contribution < 1.29 is 9.53 Å². The van der Waals surface area contributed by atoms with E-state index in [0.29, 0.717) is 5.69 Å². The average Bonchev–Trinajstić information content (AvgIpc) is 2.64. The Balaban J connectivity index is 1.58. The van der Waals surface area contributed by atoms with Crippen molar-refractivity contribution in [2.24, 2.45) is 0 Å². The maximum atomic E-state index is 12.2. The number of pyridine rings is 1. The van der Waals surface area contributed by atoms with Gasteiger partial charge in [0.25, 0.3) is 0 Å². The smallest absolute Gasteiger partial charge is 0.228 e. The number of aromatic nitrogens is 1. The molecule has 0 radical (unpaired) electrons. The largest absolute Gasteiger partial charge is 0.497 e. The number of para-hydroxylation sites is 1. The molecule has 5 nitrogen and oxygen atoms in total.